The fourth-order valence-electron chi connectivity index (χ4n) is 2.63. The highest BCUT2D eigenvalue weighted by Crippen LogP contribution is 2.30. The topological polar surface area (TPSA) is 86.1 Å². The minimum Gasteiger partial charge on any atom is -0.449 e. The number of anilines is 1. The zero-order chi connectivity index (χ0) is 21.2. The molecule has 0 unspecified atom stereocenters. The van der Waals surface area contributed by atoms with Crippen LogP contribution in [-0.4, -0.2) is 33.0 Å². The van der Waals surface area contributed by atoms with Crippen molar-refractivity contribution < 1.29 is 27.5 Å². The van der Waals surface area contributed by atoms with Gasteiger partial charge in [-0.1, -0.05) is 11.3 Å². The number of nitrogens with zero attached hydrogens (tertiary/aromatic N) is 3. The Bertz CT molecular complexity index is 1060. The SMILES string of the molecule is CCn1nnc2cc(C(=O)O[C@H](C)C(=O)Nc3cccc(C(F)(F)F)c3)ccc21. The molecule has 1 amide bonds. The number of alkyl halides is 3. The first kappa shape index (κ1) is 20.3. The van der Waals surface area contributed by atoms with E-state index in [0.717, 1.165) is 17.6 Å². The van der Waals surface area contributed by atoms with E-state index in [1.54, 1.807) is 10.7 Å². The van der Waals surface area contributed by atoms with E-state index in [2.05, 4.69) is 15.6 Å². The van der Waals surface area contributed by atoms with Gasteiger partial charge in [0.1, 0.15) is 5.52 Å². The van der Waals surface area contributed by atoms with Gasteiger partial charge in [0.25, 0.3) is 5.91 Å². The molecule has 10 heteroatoms. The average Bonchev–Trinajstić information content (AvgIpc) is 3.09. The quantitative estimate of drug-likeness (QED) is 0.654. The Kier molecular flexibility index (Phi) is 5.53. The van der Waals surface area contributed by atoms with Gasteiger partial charge in [0.05, 0.1) is 16.6 Å². The van der Waals surface area contributed by atoms with E-state index in [4.69, 9.17) is 4.74 Å². The van der Waals surface area contributed by atoms with E-state index in [1.165, 1.54) is 31.2 Å². The molecule has 1 N–H and O–H groups in total. The van der Waals surface area contributed by atoms with Crippen molar-refractivity contribution >= 4 is 28.6 Å². The predicted molar refractivity (Wildman–Crippen MR) is 98.2 cm³/mol. The number of esters is 1. The van der Waals surface area contributed by atoms with Crippen molar-refractivity contribution in [2.75, 3.05) is 5.32 Å². The fourth-order valence-corrected chi connectivity index (χ4v) is 2.63. The number of rotatable bonds is 5. The van der Waals surface area contributed by atoms with E-state index in [0.29, 0.717) is 12.1 Å². The minimum atomic E-state index is -4.53. The second-order valence-electron chi connectivity index (χ2n) is 6.22. The fraction of sp³-hybridized carbons (Fsp3) is 0.263. The molecule has 0 saturated heterocycles. The normalized spacial score (nSPS) is 12.6. The minimum absolute atomic E-state index is 0.0506. The third kappa shape index (κ3) is 4.53. The summed E-state index contributed by atoms with van der Waals surface area (Å²) in [6.45, 7) is 3.85. The Morgan fingerprint density at radius 1 is 1.21 bits per heavy atom. The first-order chi connectivity index (χ1) is 13.7. The maximum atomic E-state index is 12.8. The van der Waals surface area contributed by atoms with E-state index in [9.17, 15) is 22.8 Å². The summed E-state index contributed by atoms with van der Waals surface area (Å²) in [5, 5.41) is 10.2. The zero-order valence-electron chi connectivity index (χ0n) is 15.5. The summed E-state index contributed by atoms with van der Waals surface area (Å²) in [6, 6.07) is 8.87. The lowest BCUT2D eigenvalue weighted by Gasteiger charge is -2.14. The highest BCUT2D eigenvalue weighted by atomic mass is 19.4. The lowest BCUT2D eigenvalue weighted by Crippen LogP contribution is -2.30. The third-order valence-electron chi connectivity index (χ3n) is 4.16. The number of amides is 1. The number of aromatic nitrogens is 3. The number of carbonyl (C=O) groups is 2. The number of hydrogen-bond acceptors (Lipinski definition) is 5. The molecule has 0 aliphatic rings. The molecular weight excluding hydrogens is 389 g/mol. The van der Waals surface area contributed by atoms with Crippen LogP contribution in [0, 0.1) is 0 Å². The molecule has 0 fully saturated rings. The van der Waals surface area contributed by atoms with E-state index in [1.807, 2.05) is 6.92 Å². The number of fused-ring (bicyclic) bond motifs is 1. The molecule has 0 aliphatic carbocycles. The van der Waals surface area contributed by atoms with Crippen molar-refractivity contribution in [2.24, 2.45) is 0 Å². The summed E-state index contributed by atoms with van der Waals surface area (Å²) >= 11 is 0. The van der Waals surface area contributed by atoms with Crippen LogP contribution < -0.4 is 5.32 Å². The van der Waals surface area contributed by atoms with Crippen molar-refractivity contribution in [3.8, 4) is 0 Å². The number of ether oxygens (including phenoxy) is 1. The Morgan fingerprint density at radius 2 is 1.97 bits per heavy atom. The maximum Gasteiger partial charge on any atom is 0.416 e. The monoisotopic (exact) mass is 406 g/mol. The van der Waals surface area contributed by atoms with Crippen molar-refractivity contribution in [2.45, 2.75) is 32.7 Å². The lowest BCUT2D eigenvalue weighted by molar-refractivity contribution is -0.137. The summed E-state index contributed by atoms with van der Waals surface area (Å²) in [7, 11) is 0. The molecule has 0 radical (unpaired) electrons. The van der Waals surface area contributed by atoms with Crippen LogP contribution in [0.25, 0.3) is 11.0 Å². The van der Waals surface area contributed by atoms with Crippen LogP contribution in [0.3, 0.4) is 0 Å². The zero-order valence-corrected chi connectivity index (χ0v) is 15.5. The molecule has 3 rings (SSSR count). The second-order valence-corrected chi connectivity index (χ2v) is 6.22. The Hall–Kier alpha value is -3.43. The second kappa shape index (κ2) is 7.90. The maximum absolute atomic E-state index is 12.8. The van der Waals surface area contributed by atoms with Gasteiger partial charge in [-0.15, -0.1) is 5.10 Å². The molecule has 0 aliphatic heterocycles. The Balaban J connectivity index is 1.67. The summed E-state index contributed by atoms with van der Waals surface area (Å²) in [5.41, 5.74) is 0.486. The summed E-state index contributed by atoms with van der Waals surface area (Å²) in [6.07, 6.45) is -5.75. The lowest BCUT2D eigenvalue weighted by atomic mass is 10.2. The average molecular weight is 406 g/mol. The summed E-state index contributed by atoms with van der Waals surface area (Å²) in [4.78, 5) is 24.5. The van der Waals surface area contributed by atoms with Crippen LogP contribution in [0.15, 0.2) is 42.5 Å². The van der Waals surface area contributed by atoms with Gasteiger partial charge in [0, 0.05) is 12.2 Å². The highest BCUT2D eigenvalue weighted by Gasteiger charge is 2.30. The molecule has 0 saturated carbocycles. The molecule has 0 spiro atoms. The number of nitrogens with one attached hydrogen (secondary N) is 1. The first-order valence-corrected chi connectivity index (χ1v) is 8.71. The van der Waals surface area contributed by atoms with Gasteiger partial charge >= 0.3 is 12.1 Å². The molecule has 1 heterocycles. The predicted octanol–water partition coefficient (Wildman–Crippen LogP) is 3.65. The molecule has 152 valence electrons. The van der Waals surface area contributed by atoms with Gasteiger partial charge in [-0.05, 0) is 50.2 Å². The standard InChI is InChI=1S/C19H17F3N4O3/c1-3-26-16-8-7-12(9-15(16)24-25-26)18(28)29-11(2)17(27)23-14-6-4-5-13(10-14)19(20,21)22/h4-11H,3H2,1-2H3,(H,23,27)/t11-/m1/s1. The number of benzene rings is 2. The van der Waals surface area contributed by atoms with E-state index >= 15 is 0 Å². The molecular formula is C19H17F3N4O3. The van der Waals surface area contributed by atoms with Crippen LogP contribution in [0.5, 0.6) is 0 Å². The third-order valence-corrected chi connectivity index (χ3v) is 4.16. The highest BCUT2D eigenvalue weighted by molar-refractivity contribution is 5.98. The molecule has 7 nitrogen and oxygen atoms in total. The van der Waals surface area contributed by atoms with E-state index < -0.39 is 29.7 Å². The van der Waals surface area contributed by atoms with Gasteiger partial charge in [-0.3, -0.25) is 4.79 Å². The molecule has 0 bridgehead atoms. The van der Waals surface area contributed by atoms with Crippen molar-refractivity contribution in [3.05, 3.63) is 53.6 Å². The number of aryl methyl sites for hydroxylation is 1. The summed E-state index contributed by atoms with van der Waals surface area (Å²) in [5.74, 6) is -1.51. The van der Waals surface area contributed by atoms with Crippen molar-refractivity contribution in [1.29, 1.82) is 0 Å². The van der Waals surface area contributed by atoms with Gasteiger partial charge in [0.15, 0.2) is 6.10 Å². The van der Waals surface area contributed by atoms with Crippen LogP contribution >= 0.6 is 0 Å². The number of hydrogen-bond donors (Lipinski definition) is 1. The van der Waals surface area contributed by atoms with Crippen molar-refractivity contribution in [1.82, 2.24) is 15.0 Å². The number of carbonyl (C=O) groups excluding carboxylic acids is 2. The van der Waals surface area contributed by atoms with Crippen LogP contribution in [0.1, 0.15) is 29.8 Å². The van der Waals surface area contributed by atoms with Gasteiger partial charge in [0.2, 0.25) is 0 Å². The van der Waals surface area contributed by atoms with Gasteiger partial charge in [-0.25, -0.2) is 9.48 Å². The molecule has 29 heavy (non-hydrogen) atoms. The number of halogens is 3. The van der Waals surface area contributed by atoms with Crippen LogP contribution in [0.2, 0.25) is 0 Å². The molecule has 2 aromatic carbocycles. The van der Waals surface area contributed by atoms with Crippen LogP contribution in [0.4, 0.5) is 18.9 Å². The summed E-state index contributed by atoms with van der Waals surface area (Å²) < 4.78 is 45.1. The molecule has 1 aromatic heterocycles. The van der Waals surface area contributed by atoms with E-state index in [-0.39, 0.29) is 11.3 Å². The Labute approximate surface area is 163 Å². The van der Waals surface area contributed by atoms with Gasteiger partial charge < -0.3 is 10.1 Å². The largest absolute Gasteiger partial charge is 0.449 e. The van der Waals surface area contributed by atoms with Gasteiger partial charge in [-0.2, -0.15) is 13.2 Å². The van der Waals surface area contributed by atoms with Crippen molar-refractivity contribution in [3.63, 3.8) is 0 Å². The Morgan fingerprint density at radius 3 is 2.66 bits per heavy atom. The first-order valence-electron chi connectivity index (χ1n) is 8.71. The molecule has 1 atom stereocenters. The smallest absolute Gasteiger partial charge is 0.416 e. The van der Waals surface area contributed by atoms with Crippen LogP contribution in [-0.2, 0) is 22.3 Å². The molecule has 3 aromatic rings.